The van der Waals surface area contributed by atoms with Crippen LogP contribution < -0.4 is 10.6 Å². The van der Waals surface area contributed by atoms with Crippen LogP contribution in [0.2, 0.25) is 0 Å². The van der Waals surface area contributed by atoms with Crippen LogP contribution in [-0.4, -0.2) is 93.3 Å². The molecule has 0 radical (unpaired) electrons. The first-order chi connectivity index (χ1) is 21.1. The van der Waals surface area contributed by atoms with E-state index in [2.05, 4.69) is 24.5 Å². The standard InChI is InChI=1S/C33H50N4O8/c1-32(2,3)45-31(44)35-24(19-12-7-6-8-13-19)28(40)37-17-20-23(33(20,4)5)25(37)27(39)34-21(16-18-10-9-11-18)26(38)29(41)36-15-14-22(36)30(42)43/h18-25H,6-17H2,1-5H3,(H,34,39)(H,35,44)(H,42,43)/t20?,21?,22-,23-,24-,25-/m0/s1. The number of hydrogen-bond donors (Lipinski definition) is 3. The van der Waals surface area contributed by atoms with Crippen LogP contribution in [0.4, 0.5) is 4.79 Å². The molecule has 5 aliphatic rings. The number of fused-ring (bicyclic) bond motifs is 1. The van der Waals surface area contributed by atoms with Gasteiger partial charge in [-0.2, -0.15) is 0 Å². The minimum absolute atomic E-state index is 0.0864. The van der Waals surface area contributed by atoms with E-state index in [0.717, 1.165) is 56.3 Å². The molecule has 3 N–H and O–H groups in total. The first-order valence-electron chi connectivity index (χ1n) is 16.8. The normalized spacial score (nSPS) is 28.9. The second kappa shape index (κ2) is 12.5. The number of carboxylic acids is 1. The van der Waals surface area contributed by atoms with E-state index in [4.69, 9.17) is 4.74 Å². The van der Waals surface area contributed by atoms with E-state index in [9.17, 15) is 33.9 Å². The smallest absolute Gasteiger partial charge is 0.408 e. The van der Waals surface area contributed by atoms with Crippen molar-refractivity contribution in [2.45, 2.75) is 129 Å². The zero-order chi connectivity index (χ0) is 32.8. The lowest BCUT2D eigenvalue weighted by Crippen LogP contribution is -2.62. The van der Waals surface area contributed by atoms with Gasteiger partial charge in [-0.25, -0.2) is 9.59 Å². The Bertz CT molecular complexity index is 1220. The Morgan fingerprint density at radius 2 is 1.58 bits per heavy atom. The summed E-state index contributed by atoms with van der Waals surface area (Å²) in [5, 5.41) is 15.1. The first kappa shape index (κ1) is 33.2. The Labute approximate surface area is 265 Å². The summed E-state index contributed by atoms with van der Waals surface area (Å²) >= 11 is 0. The van der Waals surface area contributed by atoms with Crippen LogP contribution in [0, 0.1) is 29.1 Å². The molecule has 6 atom stereocenters. The molecule has 3 aliphatic carbocycles. The number of aliphatic carboxylic acids is 1. The minimum Gasteiger partial charge on any atom is -0.480 e. The van der Waals surface area contributed by atoms with Crippen molar-refractivity contribution < 1.29 is 38.6 Å². The number of nitrogens with one attached hydrogen (secondary N) is 2. The van der Waals surface area contributed by atoms with Crippen LogP contribution in [0.25, 0.3) is 0 Å². The lowest BCUT2D eigenvalue weighted by atomic mass is 9.79. The molecule has 0 aromatic carbocycles. The molecule has 0 aromatic rings. The highest BCUT2D eigenvalue weighted by Gasteiger charge is 2.70. The fourth-order valence-corrected chi connectivity index (χ4v) is 8.00. The van der Waals surface area contributed by atoms with Crippen molar-refractivity contribution in [3.63, 3.8) is 0 Å². The molecule has 45 heavy (non-hydrogen) atoms. The summed E-state index contributed by atoms with van der Waals surface area (Å²) in [4.78, 5) is 82.2. The van der Waals surface area contributed by atoms with Crippen LogP contribution >= 0.6 is 0 Å². The summed E-state index contributed by atoms with van der Waals surface area (Å²) in [7, 11) is 0. The lowest BCUT2D eigenvalue weighted by molar-refractivity contribution is -0.161. The Hall–Kier alpha value is -3.18. The monoisotopic (exact) mass is 630 g/mol. The van der Waals surface area contributed by atoms with E-state index in [-0.39, 0.29) is 48.0 Å². The second-order valence-corrected chi connectivity index (χ2v) is 15.5. The van der Waals surface area contributed by atoms with E-state index >= 15 is 0 Å². The van der Waals surface area contributed by atoms with E-state index in [1.54, 1.807) is 25.7 Å². The average Bonchev–Trinajstić information content (AvgIpc) is 3.23. The molecule has 4 amide bonds. The van der Waals surface area contributed by atoms with Crippen LogP contribution in [0.15, 0.2) is 0 Å². The molecule has 2 saturated heterocycles. The number of piperidine rings is 1. The fourth-order valence-electron chi connectivity index (χ4n) is 8.00. The molecular formula is C33H50N4O8. The number of carbonyl (C=O) groups excluding carboxylic acids is 5. The van der Waals surface area contributed by atoms with Crippen molar-refractivity contribution in [1.82, 2.24) is 20.4 Å². The first-order valence-corrected chi connectivity index (χ1v) is 16.8. The number of rotatable bonds is 10. The maximum absolute atomic E-state index is 14.3. The summed E-state index contributed by atoms with van der Waals surface area (Å²) in [6.07, 6.45) is 7.22. The molecule has 5 fully saturated rings. The molecule has 0 bridgehead atoms. The number of carbonyl (C=O) groups is 6. The van der Waals surface area contributed by atoms with Crippen LogP contribution in [0.3, 0.4) is 0 Å². The van der Waals surface area contributed by atoms with Gasteiger partial charge in [-0.05, 0) is 75.5 Å². The van der Waals surface area contributed by atoms with Gasteiger partial charge in [-0.1, -0.05) is 52.4 Å². The van der Waals surface area contributed by atoms with E-state index < -0.39 is 59.4 Å². The summed E-state index contributed by atoms with van der Waals surface area (Å²) in [6, 6.07) is -3.83. The van der Waals surface area contributed by atoms with Crippen LogP contribution in [0.5, 0.6) is 0 Å². The van der Waals surface area contributed by atoms with Crippen LogP contribution in [-0.2, 0) is 28.7 Å². The van der Waals surface area contributed by atoms with Gasteiger partial charge in [0, 0.05) is 13.1 Å². The Morgan fingerprint density at radius 1 is 0.911 bits per heavy atom. The van der Waals surface area contributed by atoms with Crippen molar-refractivity contribution in [3.05, 3.63) is 0 Å². The maximum atomic E-state index is 14.3. The molecule has 3 saturated carbocycles. The predicted molar refractivity (Wildman–Crippen MR) is 163 cm³/mol. The number of alkyl carbamates (subject to hydrolysis) is 1. The molecule has 12 nitrogen and oxygen atoms in total. The van der Waals surface area contributed by atoms with Gasteiger partial charge in [0.25, 0.3) is 5.91 Å². The molecule has 12 heteroatoms. The molecule has 2 aliphatic heterocycles. The van der Waals surface area contributed by atoms with Gasteiger partial charge in [0.15, 0.2) is 0 Å². The number of nitrogens with zero attached hydrogens (tertiary/aromatic N) is 2. The molecule has 250 valence electrons. The molecule has 2 heterocycles. The van der Waals surface area contributed by atoms with Gasteiger partial charge in [0.2, 0.25) is 17.6 Å². The van der Waals surface area contributed by atoms with Gasteiger partial charge in [0.05, 0.1) is 6.04 Å². The average molecular weight is 631 g/mol. The largest absolute Gasteiger partial charge is 0.480 e. The number of ketones is 1. The number of Topliss-reactive ketones (excluding diaryl/α,β-unsaturated/α-hetero) is 1. The van der Waals surface area contributed by atoms with Crippen LogP contribution in [0.1, 0.15) is 98.8 Å². The lowest BCUT2D eigenvalue weighted by Gasteiger charge is -2.39. The summed E-state index contributed by atoms with van der Waals surface area (Å²) < 4.78 is 5.51. The third kappa shape index (κ3) is 6.84. The number of amides is 4. The predicted octanol–water partition coefficient (Wildman–Crippen LogP) is 2.87. The quantitative estimate of drug-likeness (QED) is 0.311. The maximum Gasteiger partial charge on any atom is 0.408 e. The Kier molecular flexibility index (Phi) is 9.26. The molecule has 5 rings (SSSR count). The van der Waals surface area contributed by atoms with E-state index in [0.29, 0.717) is 13.0 Å². The van der Waals surface area contributed by atoms with Gasteiger partial charge in [-0.3, -0.25) is 19.2 Å². The summed E-state index contributed by atoms with van der Waals surface area (Å²) in [5.41, 5.74) is -0.931. The zero-order valence-corrected chi connectivity index (χ0v) is 27.3. The van der Waals surface area contributed by atoms with Crippen molar-refractivity contribution in [2.24, 2.45) is 29.1 Å². The van der Waals surface area contributed by atoms with Gasteiger partial charge >= 0.3 is 12.1 Å². The van der Waals surface area contributed by atoms with Gasteiger partial charge in [-0.15, -0.1) is 0 Å². The summed E-state index contributed by atoms with van der Waals surface area (Å²) in [5.74, 6) is -3.60. The van der Waals surface area contributed by atoms with Crippen molar-refractivity contribution in [2.75, 3.05) is 13.1 Å². The topological polar surface area (TPSA) is 162 Å². The number of ether oxygens (including phenoxy) is 1. The van der Waals surface area contributed by atoms with E-state index in [1.807, 2.05) is 0 Å². The number of carboxylic acid groups (broad SMARTS) is 1. The molecule has 0 spiro atoms. The summed E-state index contributed by atoms with van der Waals surface area (Å²) in [6.45, 7) is 9.96. The Balaban J connectivity index is 1.36. The highest BCUT2D eigenvalue weighted by Crippen LogP contribution is 2.65. The highest BCUT2D eigenvalue weighted by atomic mass is 16.6. The highest BCUT2D eigenvalue weighted by molar-refractivity contribution is 6.39. The van der Waals surface area contributed by atoms with Gasteiger partial charge in [0.1, 0.15) is 23.7 Å². The number of likely N-dealkylation sites (tertiary alicyclic amines) is 2. The minimum atomic E-state index is -1.16. The number of hydrogen-bond acceptors (Lipinski definition) is 7. The fraction of sp³-hybridized carbons (Fsp3) is 0.818. The SMILES string of the molecule is CC(C)(C)OC(=O)N[C@H](C(=O)N1CC2[C@@H]([C@H]1C(=O)NC(CC1CCC1)C(=O)C(=O)N1CC[C@H]1C(=O)O)C2(C)C)C1CCCCC1. The Morgan fingerprint density at radius 3 is 2.11 bits per heavy atom. The van der Waals surface area contributed by atoms with E-state index in [1.165, 1.54) is 0 Å². The third-order valence-corrected chi connectivity index (χ3v) is 11.0. The van der Waals surface area contributed by atoms with Crippen molar-refractivity contribution in [1.29, 1.82) is 0 Å². The van der Waals surface area contributed by atoms with Crippen molar-refractivity contribution >= 4 is 35.6 Å². The van der Waals surface area contributed by atoms with Crippen molar-refractivity contribution in [3.8, 4) is 0 Å². The molecule has 0 aromatic heterocycles. The molecular weight excluding hydrogens is 580 g/mol. The van der Waals surface area contributed by atoms with Gasteiger partial charge < -0.3 is 30.3 Å². The second-order valence-electron chi connectivity index (χ2n) is 15.5. The zero-order valence-electron chi connectivity index (χ0n) is 27.3. The molecule has 2 unspecified atom stereocenters. The third-order valence-electron chi connectivity index (χ3n) is 11.0.